The Labute approximate surface area is 239 Å². The molecule has 1 unspecified atom stereocenters. The predicted molar refractivity (Wildman–Crippen MR) is 163 cm³/mol. The standard InChI is InChI=1S/C36H40N2O2/c1-27(2)25-37-36(40)34(23-29-15-7-4-8-16-29)38(26-30-17-13-14-28(3)22-30)35(39)24-33(31-18-9-5-10-19-31)32-20-11-6-12-21-32/h4-22,27,33-34H,23-26H2,1-3H3,(H,37,40). The van der Waals surface area contributed by atoms with Gasteiger partial charge < -0.3 is 10.2 Å². The fourth-order valence-corrected chi connectivity index (χ4v) is 5.07. The van der Waals surface area contributed by atoms with Crippen LogP contribution in [-0.4, -0.2) is 29.3 Å². The number of aryl methyl sites for hydroxylation is 1. The minimum absolute atomic E-state index is 0.0418. The Morgan fingerprint density at radius 2 is 1.27 bits per heavy atom. The Balaban J connectivity index is 1.73. The zero-order valence-electron chi connectivity index (χ0n) is 23.8. The van der Waals surface area contributed by atoms with Crippen LogP contribution in [0.2, 0.25) is 0 Å². The molecule has 0 bridgehead atoms. The maximum Gasteiger partial charge on any atom is 0.243 e. The van der Waals surface area contributed by atoms with Gasteiger partial charge in [-0.15, -0.1) is 0 Å². The molecule has 0 aliphatic rings. The molecular formula is C36H40N2O2. The summed E-state index contributed by atoms with van der Waals surface area (Å²) in [6, 6.07) is 37.9. The number of amides is 2. The van der Waals surface area contributed by atoms with E-state index in [9.17, 15) is 9.59 Å². The molecule has 1 atom stereocenters. The SMILES string of the molecule is Cc1cccc(CN(C(=O)CC(c2ccccc2)c2ccccc2)C(Cc2ccccc2)C(=O)NCC(C)C)c1. The van der Waals surface area contributed by atoms with Gasteiger partial charge in [-0.1, -0.05) is 135 Å². The molecule has 4 aromatic carbocycles. The van der Waals surface area contributed by atoms with Crippen LogP contribution < -0.4 is 5.32 Å². The molecule has 0 saturated heterocycles. The van der Waals surface area contributed by atoms with E-state index in [4.69, 9.17) is 0 Å². The minimum atomic E-state index is -0.638. The van der Waals surface area contributed by atoms with Crippen LogP contribution in [0.3, 0.4) is 0 Å². The summed E-state index contributed by atoms with van der Waals surface area (Å²) in [7, 11) is 0. The molecule has 1 N–H and O–H groups in total. The van der Waals surface area contributed by atoms with Crippen molar-refractivity contribution in [2.24, 2.45) is 5.92 Å². The highest BCUT2D eigenvalue weighted by molar-refractivity contribution is 5.88. The number of hydrogen-bond donors (Lipinski definition) is 1. The van der Waals surface area contributed by atoms with Crippen molar-refractivity contribution in [1.29, 1.82) is 0 Å². The third-order valence-corrected chi connectivity index (χ3v) is 7.17. The topological polar surface area (TPSA) is 49.4 Å². The molecule has 0 spiro atoms. The summed E-state index contributed by atoms with van der Waals surface area (Å²) in [5, 5.41) is 3.12. The lowest BCUT2D eigenvalue weighted by molar-refractivity contribution is -0.141. The van der Waals surface area contributed by atoms with Crippen molar-refractivity contribution in [2.45, 2.75) is 52.1 Å². The molecule has 4 rings (SSSR count). The molecule has 0 fully saturated rings. The van der Waals surface area contributed by atoms with E-state index in [1.54, 1.807) is 4.90 Å². The molecule has 0 aromatic heterocycles. The predicted octanol–water partition coefficient (Wildman–Crippen LogP) is 6.93. The maximum absolute atomic E-state index is 14.4. The normalized spacial score (nSPS) is 11.8. The first-order valence-corrected chi connectivity index (χ1v) is 14.2. The molecule has 0 radical (unpaired) electrons. The van der Waals surface area contributed by atoms with Gasteiger partial charge in [0.05, 0.1) is 0 Å². The van der Waals surface area contributed by atoms with Gasteiger partial charge in [-0.3, -0.25) is 9.59 Å². The lowest BCUT2D eigenvalue weighted by atomic mass is 9.87. The fraction of sp³-hybridized carbons (Fsp3) is 0.278. The van der Waals surface area contributed by atoms with Gasteiger partial charge in [-0.25, -0.2) is 0 Å². The van der Waals surface area contributed by atoms with Crippen molar-refractivity contribution in [3.63, 3.8) is 0 Å². The summed E-state index contributed by atoms with van der Waals surface area (Å²) < 4.78 is 0. The summed E-state index contributed by atoms with van der Waals surface area (Å²) in [4.78, 5) is 30.0. The number of nitrogens with one attached hydrogen (secondary N) is 1. The van der Waals surface area contributed by atoms with Crippen molar-refractivity contribution < 1.29 is 9.59 Å². The second-order valence-electron chi connectivity index (χ2n) is 10.9. The smallest absolute Gasteiger partial charge is 0.243 e. The third kappa shape index (κ3) is 8.16. The zero-order chi connectivity index (χ0) is 28.3. The Morgan fingerprint density at radius 1 is 0.725 bits per heavy atom. The average Bonchev–Trinajstić information content (AvgIpc) is 2.97. The molecule has 4 aromatic rings. The third-order valence-electron chi connectivity index (χ3n) is 7.17. The molecular weight excluding hydrogens is 492 g/mol. The largest absolute Gasteiger partial charge is 0.354 e. The van der Waals surface area contributed by atoms with Crippen LogP contribution >= 0.6 is 0 Å². The van der Waals surface area contributed by atoms with E-state index < -0.39 is 6.04 Å². The number of hydrogen-bond acceptors (Lipinski definition) is 2. The summed E-state index contributed by atoms with van der Waals surface area (Å²) in [6.45, 7) is 7.13. The van der Waals surface area contributed by atoms with Crippen molar-refractivity contribution in [2.75, 3.05) is 6.54 Å². The first kappa shape index (κ1) is 28.8. The van der Waals surface area contributed by atoms with Crippen LogP contribution in [0, 0.1) is 12.8 Å². The molecule has 0 aliphatic carbocycles. The number of carbonyl (C=O) groups excluding carboxylic acids is 2. The molecule has 0 heterocycles. The summed E-state index contributed by atoms with van der Waals surface area (Å²) in [6.07, 6.45) is 0.715. The summed E-state index contributed by atoms with van der Waals surface area (Å²) >= 11 is 0. The molecule has 2 amide bonds. The minimum Gasteiger partial charge on any atom is -0.354 e. The molecule has 0 aliphatic heterocycles. The van der Waals surface area contributed by atoms with Crippen molar-refractivity contribution in [1.82, 2.24) is 10.2 Å². The Morgan fingerprint density at radius 3 is 1.82 bits per heavy atom. The first-order valence-electron chi connectivity index (χ1n) is 14.2. The van der Waals surface area contributed by atoms with Crippen molar-refractivity contribution in [3.8, 4) is 0 Å². The quantitative estimate of drug-likeness (QED) is 0.215. The van der Waals surface area contributed by atoms with Gasteiger partial charge in [-0.2, -0.15) is 0 Å². The van der Waals surface area contributed by atoms with Crippen molar-refractivity contribution >= 4 is 11.8 Å². The lowest BCUT2D eigenvalue weighted by Gasteiger charge is -2.33. The first-order chi connectivity index (χ1) is 19.4. The number of nitrogens with zero attached hydrogens (tertiary/aromatic N) is 1. The second-order valence-corrected chi connectivity index (χ2v) is 10.9. The van der Waals surface area contributed by atoms with E-state index in [0.29, 0.717) is 25.4 Å². The van der Waals surface area contributed by atoms with Gasteiger partial charge in [0.2, 0.25) is 11.8 Å². The zero-order valence-corrected chi connectivity index (χ0v) is 23.8. The fourth-order valence-electron chi connectivity index (χ4n) is 5.07. The van der Waals surface area contributed by atoms with Gasteiger partial charge in [-0.05, 0) is 35.1 Å². The van der Waals surface area contributed by atoms with Gasteiger partial charge >= 0.3 is 0 Å². The highest BCUT2D eigenvalue weighted by Crippen LogP contribution is 2.30. The van der Waals surface area contributed by atoms with E-state index in [0.717, 1.165) is 27.8 Å². The van der Waals surface area contributed by atoms with E-state index in [2.05, 4.69) is 49.5 Å². The van der Waals surface area contributed by atoms with Gasteiger partial charge in [0, 0.05) is 31.8 Å². The monoisotopic (exact) mass is 532 g/mol. The number of rotatable bonds is 12. The highest BCUT2D eigenvalue weighted by Gasteiger charge is 2.32. The Kier molecular flexibility index (Phi) is 10.3. The maximum atomic E-state index is 14.4. The Hall–Kier alpha value is -4.18. The van der Waals surface area contributed by atoms with E-state index >= 15 is 0 Å². The van der Waals surface area contributed by atoms with Gasteiger partial charge in [0.15, 0.2) is 0 Å². The van der Waals surface area contributed by atoms with E-state index in [-0.39, 0.29) is 24.2 Å². The lowest BCUT2D eigenvalue weighted by Crippen LogP contribution is -2.51. The van der Waals surface area contributed by atoms with Crippen LogP contribution in [0.25, 0.3) is 0 Å². The summed E-state index contributed by atoms with van der Waals surface area (Å²) in [5.41, 5.74) is 5.33. The van der Waals surface area contributed by atoms with Gasteiger partial charge in [0.25, 0.3) is 0 Å². The Bertz CT molecular complexity index is 1310. The van der Waals surface area contributed by atoms with Crippen LogP contribution in [0.15, 0.2) is 115 Å². The van der Waals surface area contributed by atoms with E-state index in [1.807, 2.05) is 91.9 Å². The van der Waals surface area contributed by atoms with Gasteiger partial charge in [0.1, 0.15) is 6.04 Å². The summed E-state index contributed by atoms with van der Waals surface area (Å²) in [5.74, 6) is 0.0307. The molecule has 206 valence electrons. The van der Waals surface area contributed by atoms with Crippen LogP contribution in [0.4, 0.5) is 0 Å². The average molecular weight is 533 g/mol. The number of benzene rings is 4. The van der Waals surface area contributed by atoms with Crippen LogP contribution in [0.1, 0.15) is 54.0 Å². The van der Waals surface area contributed by atoms with Crippen molar-refractivity contribution in [3.05, 3.63) is 143 Å². The highest BCUT2D eigenvalue weighted by atomic mass is 16.2. The second kappa shape index (κ2) is 14.3. The molecule has 0 saturated carbocycles. The van der Waals surface area contributed by atoms with Crippen LogP contribution in [-0.2, 0) is 22.6 Å². The van der Waals surface area contributed by atoms with Crippen LogP contribution in [0.5, 0.6) is 0 Å². The molecule has 40 heavy (non-hydrogen) atoms. The van der Waals surface area contributed by atoms with E-state index in [1.165, 1.54) is 0 Å². The molecule has 4 nitrogen and oxygen atoms in total. The molecule has 4 heteroatoms. The number of carbonyl (C=O) groups is 2.